The SMILES string of the molecule is COC[C@H](NC(N)=S)c1ccc(C)c(F)c1. The number of hydrogen-bond donors (Lipinski definition) is 2. The van der Waals surface area contributed by atoms with Gasteiger partial charge in [-0.25, -0.2) is 4.39 Å². The molecule has 0 saturated heterocycles. The molecule has 0 radical (unpaired) electrons. The Labute approximate surface area is 99.8 Å². The molecule has 1 rings (SSSR count). The van der Waals surface area contributed by atoms with Crippen LogP contribution >= 0.6 is 12.2 Å². The van der Waals surface area contributed by atoms with Gasteiger partial charge in [0, 0.05) is 7.11 Å². The van der Waals surface area contributed by atoms with Crippen LogP contribution in [0.4, 0.5) is 4.39 Å². The molecule has 0 fully saturated rings. The van der Waals surface area contributed by atoms with Crippen LogP contribution in [-0.4, -0.2) is 18.8 Å². The molecule has 3 N–H and O–H groups in total. The van der Waals surface area contributed by atoms with Crippen LogP contribution in [0.2, 0.25) is 0 Å². The number of benzene rings is 1. The van der Waals surface area contributed by atoms with E-state index in [2.05, 4.69) is 5.32 Å². The van der Waals surface area contributed by atoms with Crippen LogP contribution in [0.5, 0.6) is 0 Å². The number of rotatable bonds is 4. The van der Waals surface area contributed by atoms with E-state index in [-0.39, 0.29) is 17.0 Å². The van der Waals surface area contributed by atoms with Gasteiger partial charge in [0.2, 0.25) is 0 Å². The topological polar surface area (TPSA) is 47.3 Å². The maximum Gasteiger partial charge on any atom is 0.164 e. The molecule has 0 aliphatic rings. The molecule has 0 bridgehead atoms. The van der Waals surface area contributed by atoms with Crippen LogP contribution in [0.3, 0.4) is 0 Å². The first-order valence-electron chi connectivity index (χ1n) is 4.85. The Kier molecular flexibility index (Phi) is 4.64. The van der Waals surface area contributed by atoms with Crippen molar-refractivity contribution in [3.8, 4) is 0 Å². The van der Waals surface area contributed by atoms with Crippen molar-refractivity contribution in [1.82, 2.24) is 5.32 Å². The molecule has 0 spiro atoms. The molecule has 5 heteroatoms. The second kappa shape index (κ2) is 5.77. The monoisotopic (exact) mass is 242 g/mol. The predicted octanol–water partition coefficient (Wildman–Crippen LogP) is 1.65. The van der Waals surface area contributed by atoms with Crippen molar-refractivity contribution in [2.45, 2.75) is 13.0 Å². The van der Waals surface area contributed by atoms with Gasteiger partial charge < -0.3 is 15.8 Å². The second-order valence-corrected chi connectivity index (χ2v) is 3.96. The maximum absolute atomic E-state index is 13.4. The van der Waals surface area contributed by atoms with Gasteiger partial charge in [0.05, 0.1) is 12.6 Å². The highest BCUT2D eigenvalue weighted by Gasteiger charge is 2.12. The molecular weight excluding hydrogens is 227 g/mol. The molecule has 16 heavy (non-hydrogen) atoms. The van der Waals surface area contributed by atoms with Gasteiger partial charge in [0.25, 0.3) is 0 Å². The molecule has 0 aliphatic heterocycles. The predicted molar refractivity (Wildman–Crippen MR) is 65.7 cm³/mol. The fraction of sp³-hybridized carbons (Fsp3) is 0.364. The Morgan fingerprint density at radius 2 is 2.31 bits per heavy atom. The quantitative estimate of drug-likeness (QED) is 0.788. The van der Waals surface area contributed by atoms with Gasteiger partial charge >= 0.3 is 0 Å². The van der Waals surface area contributed by atoms with Crippen LogP contribution in [0.1, 0.15) is 17.2 Å². The van der Waals surface area contributed by atoms with Crippen molar-refractivity contribution >= 4 is 17.3 Å². The number of methoxy groups -OCH3 is 1. The Morgan fingerprint density at radius 1 is 1.62 bits per heavy atom. The molecular formula is C11H15FN2OS. The van der Waals surface area contributed by atoms with E-state index >= 15 is 0 Å². The van der Waals surface area contributed by atoms with Crippen molar-refractivity contribution in [3.05, 3.63) is 35.1 Å². The number of ether oxygens (including phenoxy) is 1. The molecule has 0 aromatic heterocycles. The first kappa shape index (κ1) is 12.9. The zero-order valence-corrected chi connectivity index (χ0v) is 10.1. The van der Waals surface area contributed by atoms with E-state index in [0.717, 1.165) is 5.56 Å². The molecule has 0 heterocycles. The van der Waals surface area contributed by atoms with Crippen molar-refractivity contribution in [1.29, 1.82) is 0 Å². The summed E-state index contributed by atoms with van der Waals surface area (Å²) in [5.74, 6) is -0.247. The number of halogens is 1. The molecule has 1 aromatic carbocycles. The zero-order chi connectivity index (χ0) is 12.1. The number of nitrogens with one attached hydrogen (secondary N) is 1. The molecule has 0 aliphatic carbocycles. The fourth-order valence-corrected chi connectivity index (χ4v) is 1.53. The van der Waals surface area contributed by atoms with Gasteiger partial charge in [-0.3, -0.25) is 0 Å². The average molecular weight is 242 g/mol. The van der Waals surface area contributed by atoms with Crippen molar-refractivity contribution < 1.29 is 9.13 Å². The summed E-state index contributed by atoms with van der Waals surface area (Å²) in [7, 11) is 1.57. The van der Waals surface area contributed by atoms with E-state index in [4.69, 9.17) is 22.7 Å². The average Bonchev–Trinajstić information content (AvgIpc) is 2.21. The summed E-state index contributed by atoms with van der Waals surface area (Å²) in [6.07, 6.45) is 0. The Balaban J connectivity index is 2.91. The number of aryl methyl sites for hydroxylation is 1. The standard InChI is InChI=1S/C11H15FN2OS/c1-7-3-4-8(5-9(7)12)10(6-15-2)14-11(13)16/h3-5,10H,6H2,1-2H3,(H3,13,14,16)/t10-/m0/s1. The number of hydrogen-bond acceptors (Lipinski definition) is 2. The summed E-state index contributed by atoms with van der Waals surface area (Å²) in [6.45, 7) is 2.09. The highest BCUT2D eigenvalue weighted by Crippen LogP contribution is 2.16. The van der Waals surface area contributed by atoms with Gasteiger partial charge in [0.1, 0.15) is 5.82 Å². The highest BCUT2D eigenvalue weighted by atomic mass is 32.1. The molecule has 88 valence electrons. The zero-order valence-electron chi connectivity index (χ0n) is 9.29. The smallest absolute Gasteiger partial charge is 0.164 e. The van der Waals surface area contributed by atoms with Crippen molar-refractivity contribution in [2.24, 2.45) is 5.73 Å². The Morgan fingerprint density at radius 3 is 2.81 bits per heavy atom. The largest absolute Gasteiger partial charge is 0.382 e. The summed E-state index contributed by atoms with van der Waals surface area (Å²) < 4.78 is 18.4. The van der Waals surface area contributed by atoms with E-state index in [0.29, 0.717) is 12.2 Å². The van der Waals surface area contributed by atoms with Crippen LogP contribution < -0.4 is 11.1 Å². The minimum atomic E-state index is -0.247. The normalized spacial score (nSPS) is 12.2. The fourth-order valence-electron chi connectivity index (χ4n) is 1.39. The third-order valence-electron chi connectivity index (χ3n) is 2.25. The lowest BCUT2D eigenvalue weighted by Crippen LogP contribution is -2.35. The van der Waals surface area contributed by atoms with Crippen LogP contribution in [0.25, 0.3) is 0 Å². The van der Waals surface area contributed by atoms with E-state index < -0.39 is 0 Å². The lowest BCUT2D eigenvalue weighted by atomic mass is 10.1. The van der Waals surface area contributed by atoms with Crippen molar-refractivity contribution in [3.63, 3.8) is 0 Å². The molecule has 1 aromatic rings. The van der Waals surface area contributed by atoms with Gasteiger partial charge in [-0.15, -0.1) is 0 Å². The van der Waals surface area contributed by atoms with E-state index in [1.807, 2.05) is 6.07 Å². The summed E-state index contributed by atoms with van der Waals surface area (Å²) in [6, 6.07) is 4.78. The third kappa shape index (κ3) is 3.43. The first-order valence-corrected chi connectivity index (χ1v) is 5.26. The van der Waals surface area contributed by atoms with Crippen LogP contribution in [-0.2, 0) is 4.74 Å². The molecule has 0 saturated carbocycles. The summed E-state index contributed by atoms with van der Waals surface area (Å²) in [5, 5.41) is 3.03. The Bertz CT molecular complexity index is 384. The van der Waals surface area contributed by atoms with E-state index in [1.54, 1.807) is 20.1 Å². The minimum Gasteiger partial charge on any atom is -0.382 e. The highest BCUT2D eigenvalue weighted by molar-refractivity contribution is 7.80. The molecule has 1 atom stereocenters. The van der Waals surface area contributed by atoms with Crippen molar-refractivity contribution in [2.75, 3.05) is 13.7 Å². The number of nitrogens with two attached hydrogens (primary N) is 1. The van der Waals surface area contributed by atoms with Gasteiger partial charge in [-0.05, 0) is 36.3 Å². The first-order chi connectivity index (χ1) is 7.54. The summed E-state index contributed by atoms with van der Waals surface area (Å²) in [4.78, 5) is 0. The lowest BCUT2D eigenvalue weighted by Gasteiger charge is -2.18. The second-order valence-electron chi connectivity index (χ2n) is 3.53. The Hall–Kier alpha value is -1.20. The van der Waals surface area contributed by atoms with E-state index in [9.17, 15) is 4.39 Å². The van der Waals surface area contributed by atoms with E-state index in [1.165, 1.54) is 6.07 Å². The third-order valence-corrected chi connectivity index (χ3v) is 2.37. The van der Waals surface area contributed by atoms with Gasteiger partial charge in [-0.1, -0.05) is 12.1 Å². The lowest BCUT2D eigenvalue weighted by molar-refractivity contribution is 0.174. The number of thiocarbonyl (C=S) groups is 1. The maximum atomic E-state index is 13.4. The van der Waals surface area contributed by atoms with Crippen LogP contribution in [0.15, 0.2) is 18.2 Å². The molecule has 3 nitrogen and oxygen atoms in total. The molecule has 0 unspecified atom stereocenters. The summed E-state index contributed by atoms with van der Waals surface area (Å²) >= 11 is 4.76. The minimum absolute atomic E-state index is 0.169. The van der Waals surface area contributed by atoms with Crippen LogP contribution in [0, 0.1) is 12.7 Å². The van der Waals surface area contributed by atoms with Gasteiger partial charge in [0.15, 0.2) is 5.11 Å². The molecule has 0 amide bonds. The summed E-state index contributed by atoms with van der Waals surface area (Å²) in [5.41, 5.74) is 6.77. The van der Waals surface area contributed by atoms with Gasteiger partial charge in [-0.2, -0.15) is 0 Å².